The Morgan fingerprint density at radius 2 is 1.08 bits per heavy atom. The van der Waals surface area contributed by atoms with Crippen molar-refractivity contribution in [3.8, 4) is 0 Å². The monoisotopic (exact) mass is 778 g/mol. The molecule has 1 fully saturated rings. The highest BCUT2D eigenvalue weighted by Gasteiger charge is 2.46. The molecule has 0 saturated carbocycles. The van der Waals surface area contributed by atoms with Crippen LogP contribution in [-0.2, 0) is 38.7 Å². The number of hydrogen-bond acceptors (Lipinski definition) is 11. The van der Waals surface area contributed by atoms with Gasteiger partial charge in [0.1, 0.15) is 36.8 Å². The lowest BCUT2D eigenvalue weighted by Gasteiger charge is -2.40. The first kappa shape index (κ1) is 49.4. The van der Waals surface area contributed by atoms with Crippen LogP contribution in [0.1, 0.15) is 174 Å². The Kier molecular flexibility index (Phi) is 29.4. The van der Waals surface area contributed by atoms with Crippen molar-refractivity contribution < 1.29 is 56.8 Å². The number of unbranched alkanes of at least 4 members (excludes halogenated alkanes) is 20. The first-order chi connectivity index (χ1) is 25.5. The largest absolute Gasteiger partial charge is 0.462 e. The van der Waals surface area contributed by atoms with Crippen molar-refractivity contribution in [3.63, 3.8) is 0 Å². The maximum Gasteiger partial charge on any atom is 0.306 e. The quantitative estimate of drug-likeness (QED) is 0.0219. The Morgan fingerprint density at radius 1 is 0.623 bits per heavy atom. The van der Waals surface area contributed by atoms with Crippen LogP contribution in [0.15, 0.2) is 12.2 Å². The number of carbonyl (C=O) groups is 2. The molecule has 0 aromatic rings. The molecule has 0 amide bonds. The molecular weight excluding hydrogens is 704 g/mol. The fraction of sp³-hybridized carbons (Fsp3) is 0.900. The number of esters is 2. The highest BCUT2D eigenvalue weighted by Crippen LogP contribution is 2.24. The van der Waals surface area contributed by atoms with E-state index in [9.17, 15) is 37.9 Å². The van der Waals surface area contributed by atoms with Crippen molar-refractivity contribution in [2.24, 2.45) is 0 Å². The van der Waals surface area contributed by atoms with Crippen LogP contribution in [-0.4, -0.2) is 96.0 Å². The van der Waals surface area contributed by atoms with Crippen LogP contribution in [0.4, 0.5) is 0 Å². The summed E-state index contributed by atoms with van der Waals surface area (Å²) in [4.78, 5) is 25.2. The standard InChI is InChI=1S/C40H74O12S/c1-3-5-7-9-11-13-14-15-16-17-18-19-21-23-25-27-29-36(42)51-33(30-49-35(41)28-26-24-22-20-12-10-8-6-4-2)31-50-40-39(45)38(44)37(43)34(52-40)32-53(46,47)48/h16-17,33-34,37-40,43-45H,3-15,18-32H2,1-2H3,(H,46,47,48)/b17-16-. The van der Waals surface area contributed by atoms with E-state index in [1.54, 1.807) is 0 Å². The minimum Gasteiger partial charge on any atom is -0.462 e. The summed E-state index contributed by atoms with van der Waals surface area (Å²) in [6, 6.07) is 0. The van der Waals surface area contributed by atoms with Gasteiger partial charge in [0.25, 0.3) is 10.1 Å². The van der Waals surface area contributed by atoms with Crippen LogP contribution in [0, 0.1) is 0 Å². The van der Waals surface area contributed by atoms with Gasteiger partial charge in [-0.15, -0.1) is 0 Å². The molecule has 0 aliphatic carbocycles. The number of allylic oxidation sites excluding steroid dienone is 2. The summed E-state index contributed by atoms with van der Waals surface area (Å²) >= 11 is 0. The summed E-state index contributed by atoms with van der Waals surface area (Å²) < 4.78 is 53.8. The lowest BCUT2D eigenvalue weighted by molar-refractivity contribution is -0.297. The van der Waals surface area contributed by atoms with Crippen molar-refractivity contribution in [1.29, 1.82) is 0 Å². The number of hydrogen-bond donors (Lipinski definition) is 4. The highest BCUT2D eigenvalue weighted by atomic mass is 32.2. The van der Waals surface area contributed by atoms with Crippen LogP contribution in [0.5, 0.6) is 0 Å². The Morgan fingerprint density at radius 3 is 1.57 bits per heavy atom. The zero-order valence-electron chi connectivity index (χ0n) is 32.9. The second-order valence-electron chi connectivity index (χ2n) is 14.7. The molecule has 13 heteroatoms. The van der Waals surface area contributed by atoms with Crippen LogP contribution in [0.25, 0.3) is 0 Å². The lowest BCUT2D eigenvalue weighted by Crippen LogP contribution is -2.60. The summed E-state index contributed by atoms with van der Waals surface area (Å²) in [5.41, 5.74) is 0. The molecule has 1 aliphatic rings. The molecule has 0 radical (unpaired) electrons. The van der Waals surface area contributed by atoms with E-state index in [0.717, 1.165) is 57.8 Å². The molecule has 6 atom stereocenters. The summed E-state index contributed by atoms with van der Waals surface area (Å²) in [5, 5.41) is 30.8. The molecule has 0 aromatic heterocycles. The molecule has 1 rings (SSSR count). The lowest BCUT2D eigenvalue weighted by atomic mass is 10.00. The van der Waals surface area contributed by atoms with Crippen molar-refractivity contribution in [2.45, 2.75) is 211 Å². The Bertz CT molecular complexity index is 1050. The van der Waals surface area contributed by atoms with Gasteiger partial charge in [0.05, 0.1) is 6.61 Å². The molecule has 1 heterocycles. The van der Waals surface area contributed by atoms with Gasteiger partial charge < -0.3 is 34.3 Å². The molecule has 0 aromatic carbocycles. The van der Waals surface area contributed by atoms with Gasteiger partial charge >= 0.3 is 11.9 Å². The van der Waals surface area contributed by atoms with E-state index >= 15 is 0 Å². The fourth-order valence-corrected chi connectivity index (χ4v) is 7.01. The Hall–Kier alpha value is -1.61. The third-order valence-electron chi connectivity index (χ3n) is 9.60. The number of aliphatic hydroxyl groups is 3. The molecule has 1 saturated heterocycles. The van der Waals surface area contributed by atoms with E-state index in [4.69, 9.17) is 18.9 Å². The molecular formula is C40H74O12S. The van der Waals surface area contributed by atoms with Crippen LogP contribution in [0.3, 0.4) is 0 Å². The van der Waals surface area contributed by atoms with Crippen LogP contribution >= 0.6 is 0 Å². The number of carbonyl (C=O) groups excluding carboxylic acids is 2. The van der Waals surface area contributed by atoms with Gasteiger partial charge in [0.2, 0.25) is 0 Å². The molecule has 0 spiro atoms. The topological polar surface area (TPSA) is 186 Å². The third-order valence-corrected chi connectivity index (χ3v) is 10.3. The van der Waals surface area contributed by atoms with Gasteiger partial charge in [-0.25, -0.2) is 0 Å². The predicted molar refractivity (Wildman–Crippen MR) is 206 cm³/mol. The number of aliphatic hydroxyl groups excluding tert-OH is 3. The third kappa shape index (κ3) is 26.8. The van der Waals surface area contributed by atoms with Gasteiger partial charge in [-0.2, -0.15) is 8.42 Å². The second-order valence-corrected chi connectivity index (χ2v) is 16.2. The average molecular weight is 779 g/mol. The first-order valence-corrected chi connectivity index (χ1v) is 22.4. The van der Waals surface area contributed by atoms with Crippen molar-refractivity contribution in [2.75, 3.05) is 19.0 Å². The molecule has 4 N–H and O–H groups in total. The molecule has 1 aliphatic heterocycles. The van der Waals surface area contributed by atoms with E-state index in [1.807, 2.05) is 0 Å². The van der Waals surface area contributed by atoms with E-state index in [0.29, 0.717) is 12.8 Å². The smallest absolute Gasteiger partial charge is 0.306 e. The van der Waals surface area contributed by atoms with Gasteiger partial charge in [0, 0.05) is 12.8 Å². The minimum absolute atomic E-state index is 0.158. The predicted octanol–water partition coefficient (Wildman–Crippen LogP) is 7.50. The van der Waals surface area contributed by atoms with E-state index < -0.39 is 71.2 Å². The Balaban J connectivity index is 2.48. The van der Waals surface area contributed by atoms with Crippen molar-refractivity contribution >= 4 is 22.1 Å². The molecule has 12 nitrogen and oxygen atoms in total. The van der Waals surface area contributed by atoms with Crippen molar-refractivity contribution in [1.82, 2.24) is 0 Å². The summed E-state index contributed by atoms with van der Waals surface area (Å²) in [6.07, 6.45) is 21.3. The SMILES string of the molecule is CCCCCCCCC/C=C\CCCCCCCC(=O)OC(COC(=O)CCCCCCCCCCC)COC1OC(CS(=O)(=O)O)C(O)C(O)C1O. The van der Waals surface area contributed by atoms with Gasteiger partial charge in [-0.05, 0) is 38.5 Å². The van der Waals surface area contributed by atoms with Gasteiger partial charge in [-0.1, -0.05) is 135 Å². The normalized spacial score (nSPS) is 21.2. The molecule has 312 valence electrons. The Labute approximate surface area is 320 Å². The maximum absolute atomic E-state index is 12.7. The second kappa shape index (κ2) is 31.6. The van der Waals surface area contributed by atoms with Crippen LogP contribution < -0.4 is 0 Å². The first-order valence-electron chi connectivity index (χ1n) is 20.7. The summed E-state index contributed by atoms with van der Waals surface area (Å²) in [6.45, 7) is 3.71. The van der Waals surface area contributed by atoms with Gasteiger partial charge in [-0.3, -0.25) is 14.1 Å². The molecule has 53 heavy (non-hydrogen) atoms. The van der Waals surface area contributed by atoms with E-state index in [1.165, 1.54) is 77.0 Å². The van der Waals surface area contributed by atoms with E-state index in [2.05, 4.69) is 26.0 Å². The van der Waals surface area contributed by atoms with Crippen molar-refractivity contribution in [3.05, 3.63) is 12.2 Å². The van der Waals surface area contributed by atoms with Crippen LogP contribution in [0.2, 0.25) is 0 Å². The minimum atomic E-state index is -4.59. The summed E-state index contributed by atoms with van der Waals surface area (Å²) in [7, 11) is -4.59. The molecule has 6 unspecified atom stereocenters. The fourth-order valence-electron chi connectivity index (χ4n) is 6.32. The number of ether oxygens (including phenoxy) is 4. The average Bonchev–Trinajstić information content (AvgIpc) is 3.12. The maximum atomic E-state index is 12.7. The van der Waals surface area contributed by atoms with Gasteiger partial charge in [0.15, 0.2) is 12.4 Å². The zero-order valence-corrected chi connectivity index (χ0v) is 33.7. The summed E-state index contributed by atoms with van der Waals surface area (Å²) in [5.74, 6) is -1.99. The zero-order chi connectivity index (χ0) is 39.2. The molecule has 0 bridgehead atoms. The highest BCUT2D eigenvalue weighted by molar-refractivity contribution is 7.85. The van der Waals surface area contributed by atoms with E-state index in [-0.39, 0.29) is 19.4 Å². The number of rotatable bonds is 34.